The second-order valence-corrected chi connectivity index (χ2v) is 6.01. The molecule has 0 fully saturated rings. The number of likely N-dealkylation sites (N-methyl/N-ethyl adjacent to an activating group) is 1. The van der Waals surface area contributed by atoms with Crippen molar-refractivity contribution in [2.24, 2.45) is 0 Å². The van der Waals surface area contributed by atoms with Crippen molar-refractivity contribution in [3.63, 3.8) is 0 Å². The van der Waals surface area contributed by atoms with Gasteiger partial charge in [-0.1, -0.05) is 50.1 Å². The molecule has 2 aromatic rings. The van der Waals surface area contributed by atoms with Crippen LogP contribution in [-0.2, 0) is 6.42 Å². The van der Waals surface area contributed by atoms with Gasteiger partial charge in [-0.05, 0) is 48.9 Å². The van der Waals surface area contributed by atoms with E-state index in [4.69, 9.17) is 0 Å². The van der Waals surface area contributed by atoms with Gasteiger partial charge in [-0.2, -0.15) is 0 Å². The van der Waals surface area contributed by atoms with Gasteiger partial charge < -0.3 is 5.32 Å². The van der Waals surface area contributed by atoms with E-state index in [0.29, 0.717) is 0 Å². The number of rotatable bonds is 4. The number of hydrogen-bond donors (Lipinski definition) is 1. The second-order valence-electron chi connectivity index (χ2n) is 4.30. The topological polar surface area (TPSA) is 12.0 Å². The molecule has 2 rings (SSSR count). The van der Waals surface area contributed by atoms with Crippen LogP contribution >= 0.6 is 31.9 Å². The maximum absolute atomic E-state index is 13.4. The molecule has 1 nitrogen and oxygen atoms in total. The van der Waals surface area contributed by atoms with E-state index in [-0.39, 0.29) is 11.9 Å². The third kappa shape index (κ3) is 3.65. The summed E-state index contributed by atoms with van der Waals surface area (Å²) in [6.07, 6.45) is 0.792. The average molecular weight is 387 g/mol. The number of hydrogen-bond acceptors (Lipinski definition) is 1. The molecule has 0 saturated carbocycles. The van der Waals surface area contributed by atoms with Gasteiger partial charge in [-0.25, -0.2) is 4.39 Å². The van der Waals surface area contributed by atoms with Gasteiger partial charge in [0, 0.05) is 15.0 Å². The SMILES string of the molecule is CNC(Cc1ccccc1Br)c1cc(F)ccc1Br. The summed E-state index contributed by atoms with van der Waals surface area (Å²) in [5.41, 5.74) is 2.12. The Kier molecular flexibility index (Phi) is 5.13. The van der Waals surface area contributed by atoms with Crippen LogP contribution in [0.15, 0.2) is 51.4 Å². The Morgan fingerprint density at radius 3 is 2.53 bits per heavy atom. The van der Waals surface area contributed by atoms with Crippen LogP contribution in [0.25, 0.3) is 0 Å². The maximum atomic E-state index is 13.4. The lowest BCUT2D eigenvalue weighted by Crippen LogP contribution is -2.19. The summed E-state index contributed by atoms with van der Waals surface area (Å²) >= 11 is 7.03. The summed E-state index contributed by atoms with van der Waals surface area (Å²) < 4.78 is 15.4. The van der Waals surface area contributed by atoms with Gasteiger partial charge in [-0.15, -0.1) is 0 Å². The number of nitrogens with one attached hydrogen (secondary N) is 1. The predicted octanol–water partition coefficient (Wildman–Crippen LogP) is 4.85. The Labute approximate surface area is 129 Å². The lowest BCUT2D eigenvalue weighted by Gasteiger charge is -2.19. The molecule has 0 saturated heterocycles. The minimum Gasteiger partial charge on any atom is -0.313 e. The van der Waals surface area contributed by atoms with Gasteiger partial charge in [0.1, 0.15) is 5.82 Å². The van der Waals surface area contributed by atoms with Crippen molar-refractivity contribution in [2.75, 3.05) is 7.05 Å². The van der Waals surface area contributed by atoms with Crippen molar-refractivity contribution in [2.45, 2.75) is 12.5 Å². The minimum atomic E-state index is -0.217. The quantitative estimate of drug-likeness (QED) is 0.791. The predicted molar refractivity (Wildman–Crippen MR) is 83.7 cm³/mol. The molecule has 0 aliphatic rings. The molecule has 4 heteroatoms. The standard InChI is InChI=1S/C15H14Br2FN/c1-19-15(8-10-4-2-3-5-13(10)16)12-9-11(18)6-7-14(12)17/h2-7,9,15,19H,8H2,1H3. The summed E-state index contributed by atoms with van der Waals surface area (Å²) in [6.45, 7) is 0. The highest BCUT2D eigenvalue weighted by atomic mass is 79.9. The monoisotopic (exact) mass is 385 g/mol. The normalized spacial score (nSPS) is 12.4. The minimum absolute atomic E-state index is 0.0591. The smallest absolute Gasteiger partial charge is 0.123 e. The number of benzene rings is 2. The van der Waals surface area contributed by atoms with Gasteiger partial charge in [0.25, 0.3) is 0 Å². The first kappa shape index (κ1) is 14.7. The van der Waals surface area contributed by atoms with E-state index in [0.717, 1.165) is 20.9 Å². The van der Waals surface area contributed by atoms with E-state index in [2.05, 4.69) is 43.2 Å². The van der Waals surface area contributed by atoms with Crippen LogP contribution in [0.1, 0.15) is 17.2 Å². The molecular weight excluding hydrogens is 373 g/mol. The summed E-state index contributed by atoms with van der Waals surface area (Å²) in [7, 11) is 1.89. The van der Waals surface area contributed by atoms with Gasteiger partial charge in [0.2, 0.25) is 0 Å². The molecule has 0 aromatic heterocycles. The van der Waals surface area contributed by atoms with Crippen molar-refractivity contribution < 1.29 is 4.39 Å². The first-order valence-electron chi connectivity index (χ1n) is 5.97. The van der Waals surface area contributed by atoms with Crippen molar-refractivity contribution in [1.29, 1.82) is 0 Å². The largest absolute Gasteiger partial charge is 0.313 e. The van der Waals surface area contributed by atoms with Gasteiger partial charge in [0.15, 0.2) is 0 Å². The van der Waals surface area contributed by atoms with Crippen molar-refractivity contribution in [3.05, 3.63) is 68.4 Å². The molecule has 1 atom stereocenters. The molecule has 2 aromatic carbocycles. The van der Waals surface area contributed by atoms with Crippen molar-refractivity contribution in [1.82, 2.24) is 5.32 Å². The molecule has 100 valence electrons. The van der Waals surface area contributed by atoms with Crippen LogP contribution in [0.3, 0.4) is 0 Å². The van der Waals surface area contributed by atoms with Crippen molar-refractivity contribution >= 4 is 31.9 Å². The number of halogens is 3. The Morgan fingerprint density at radius 2 is 1.84 bits per heavy atom. The van der Waals surface area contributed by atoms with Gasteiger partial charge >= 0.3 is 0 Å². The Morgan fingerprint density at radius 1 is 1.11 bits per heavy atom. The van der Waals surface area contributed by atoms with Crippen LogP contribution in [-0.4, -0.2) is 7.05 Å². The Hall–Kier alpha value is -0.710. The molecule has 0 bridgehead atoms. The third-order valence-electron chi connectivity index (χ3n) is 3.06. The van der Waals surface area contributed by atoms with E-state index >= 15 is 0 Å². The highest BCUT2D eigenvalue weighted by molar-refractivity contribution is 9.10. The van der Waals surface area contributed by atoms with E-state index in [9.17, 15) is 4.39 Å². The zero-order valence-electron chi connectivity index (χ0n) is 10.5. The zero-order chi connectivity index (χ0) is 13.8. The van der Waals surface area contributed by atoms with Crippen LogP contribution < -0.4 is 5.32 Å². The summed E-state index contributed by atoms with van der Waals surface area (Å²) in [5.74, 6) is -0.217. The molecule has 0 heterocycles. The molecule has 1 unspecified atom stereocenters. The van der Waals surface area contributed by atoms with E-state index in [1.807, 2.05) is 25.2 Å². The molecule has 0 spiro atoms. The van der Waals surface area contributed by atoms with E-state index < -0.39 is 0 Å². The zero-order valence-corrected chi connectivity index (χ0v) is 13.6. The maximum Gasteiger partial charge on any atom is 0.123 e. The Bertz CT molecular complexity index is 572. The fourth-order valence-electron chi connectivity index (χ4n) is 2.03. The molecule has 0 aliphatic carbocycles. The Balaban J connectivity index is 2.30. The summed E-state index contributed by atoms with van der Waals surface area (Å²) in [4.78, 5) is 0. The van der Waals surface area contributed by atoms with Crippen molar-refractivity contribution in [3.8, 4) is 0 Å². The fraction of sp³-hybridized carbons (Fsp3) is 0.200. The van der Waals surface area contributed by atoms with Gasteiger partial charge in [0.05, 0.1) is 0 Å². The molecule has 0 amide bonds. The van der Waals surface area contributed by atoms with E-state index in [1.54, 1.807) is 12.1 Å². The highest BCUT2D eigenvalue weighted by Crippen LogP contribution is 2.28. The van der Waals surface area contributed by atoms with E-state index in [1.165, 1.54) is 11.6 Å². The van der Waals surface area contributed by atoms with Crippen LogP contribution in [0, 0.1) is 5.82 Å². The van der Waals surface area contributed by atoms with Crippen LogP contribution in [0.4, 0.5) is 4.39 Å². The first-order valence-corrected chi connectivity index (χ1v) is 7.56. The highest BCUT2D eigenvalue weighted by Gasteiger charge is 2.15. The average Bonchev–Trinajstić information content (AvgIpc) is 2.41. The lowest BCUT2D eigenvalue weighted by atomic mass is 9.99. The lowest BCUT2D eigenvalue weighted by molar-refractivity contribution is 0.574. The molecular formula is C15H14Br2FN. The van der Waals surface area contributed by atoms with Crippen LogP contribution in [0.5, 0.6) is 0 Å². The summed E-state index contributed by atoms with van der Waals surface area (Å²) in [6, 6.07) is 12.9. The molecule has 19 heavy (non-hydrogen) atoms. The van der Waals surface area contributed by atoms with Crippen LogP contribution in [0.2, 0.25) is 0 Å². The fourth-order valence-corrected chi connectivity index (χ4v) is 3.00. The third-order valence-corrected chi connectivity index (χ3v) is 4.56. The first-order chi connectivity index (χ1) is 9.11. The molecule has 0 aliphatic heterocycles. The second kappa shape index (κ2) is 6.64. The van der Waals surface area contributed by atoms with Gasteiger partial charge in [-0.3, -0.25) is 0 Å². The summed E-state index contributed by atoms with van der Waals surface area (Å²) in [5, 5.41) is 3.24. The molecule has 0 radical (unpaired) electrons. The molecule has 1 N–H and O–H groups in total.